The molecule has 0 aromatic heterocycles. The highest BCUT2D eigenvalue weighted by Crippen LogP contribution is 2.28. The average molecular weight is 330 g/mol. The summed E-state index contributed by atoms with van der Waals surface area (Å²) in [7, 11) is 3.16. The summed E-state index contributed by atoms with van der Waals surface area (Å²) < 4.78 is 10.4. The fraction of sp³-hybridized carbons (Fsp3) is 0.533. The van der Waals surface area contributed by atoms with Gasteiger partial charge in [0, 0.05) is 25.2 Å². The Hall–Kier alpha value is -1.50. The smallest absolute Gasteiger partial charge is 0.238 e. The number of nitrogens with zero attached hydrogens (tertiary/aromatic N) is 1. The zero-order valence-corrected chi connectivity index (χ0v) is 13.8. The van der Waals surface area contributed by atoms with E-state index in [1.54, 1.807) is 32.4 Å². The lowest BCUT2D eigenvalue weighted by atomic mass is 10.1. The third kappa shape index (κ3) is 5.05. The van der Waals surface area contributed by atoms with E-state index >= 15 is 0 Å². The number of benzene rings is 1. The first-order chi connectivity index (χ1) is 10.1. The Labute approximate surface area is 137 Å². The van der Waals surface area contributed by atoms with Gasteiger partial charge in [0.2, 0.25) is 5.91 Å². The Balaban J connectivity index is 0.00000242. The normalized spacial score (nSPS) is 15.8. The summed E-state index contributed by atoms with van der Waals surface area (Å²) in [5.74, 6) is 1.23. The molecule has 1 heterocycles. The lowest BCUT2D eigenvalue weighted by Gasteiger charge is -2.29. The summed E-state index contributed by atoms with van der Waals surface area (Å²) >= 11 is 0. The summed E-state index contributed by atoms with van der Waals surface area (Å²) in [6, 6.07) is 5.58. The molecule has 0 aliphatic carbocycles. The van der Waals surface area contributed by atoms with Crippen LogP contribution in [-0.2, 0) is 4.79 Å². The van der Waals surface area contributed by atoms with E-state index in [-0.39, 0.29) is 24.4 Å². The molecule has 0 atom stereocenters. The molecule has 1 aromatic rings. The quantitative estimate of drug-likeness (QED) is 0.856. The number of nitrogens with two attached hydrogens (primary N) is 1. The van der Waals surface area contributed by atoms with E-state index in [0.29, 0.717) is 23.7 Å². The monoisotopic (exact) mass is 329 g/mol. The van der Waals surface area contributed by atoms with Crippen molar-refractivity contribution in [2.45, 2.75) is 18.9 Å². The number of halogens is 1. The van der Waals surface area contributed by atoms with Gasteiger partial charge in [-0.15, -0.1) is 12.4 Å². The first kappa shape index (κ1) is 18.5. The van der Waals surface area contributed by atoms with Gasteiger partial charge in [0.25, 0.3) is 0 Å². The maximum absolute atomic E-state index is 12.1. The molecular weight excluding hydrogens is 306 g/mol. The number of carbonyl (C=O) groups excluding carboxylic acids is 1. The molecule has 1 saturated heterocycles. The van der Waals surface area contributed by atoms with Crippen molar-refractivity contribution in [1.29, 1.82) is 0 Å². The number of rotatable bonds is 5. The van der Waals surface area contributed by atoms with Crippen LogP contribution in [0, 0.1) is 0 Å². The van der Waals surface area contributed by atoms with Gasteiger partial charge in [-0.25, -0.2) is 0 Å². The molecule has 0 radical (unpaired) electrons. The predicted octanol–water partition coefficient (Wildman–Crippen LogP) is 1.49. The molecule has 22 heavy (non-hydrogen) atoms. The molecule has 1 aromatic carbocycles. The Morgan fingerprint density at radius 1 is 1.32 bits per heavy atom. The lowest BCUT2D eigenvalue weighted by Crippen LogP contribution is -2.43. The number of ether oxygens (including phenoxy) is 2. The number of anilines is 1. The van der Waals surface area contributed by atoms with E-state index in [2.05, 4.69) is 10.2 Å². The van der Waals surface area contributed by atoms with Crippen molar-refractivity contribution in [1.82, 2.24) is 4.90 Å². The molecule has 7 heteroatoms. The van der Waals surface area contributed by atoms with E-state index in [1.165, 1.54) is 0 Å². The zero-order chi connectivity index (χ0) is 15.2. The highest BCUT2D eigenvalue weighted by molar-refractivity contribution is 5.94. The standard InChI is InChI=1S/C15H23N3O3.ClH/c1-20-12-3-4-14(21-2)13(9-12)17-15(19)10-18-7-5-11(16)6-8-18;/h3-4,9,11H,5-8,10,16H2,1-2H3,(H,17,19);1H. The van der Waals surface area contributed by atoms with Crippen LogP contribution in [0.4, 0.5) is 5.69 Å². The number of methoxy groups -OCH3 is 2. The first-order valence-electron chi connectivity index (χ1n) is 7.12. The number of carbonyl (C=O) groups is 1. The van der Waals surface area contributed by atoms with Crippen LogP contribution in [0.25, 0.3) is 0 Å². The van der Waals surface area contributed by atoms with Crippen molar-refractivity contribution in [3.8, 4) is 11.5 Å². The molecule has 1 aliphatic heterocycles. The molecule has 1 aliphatic rings. The van der Waals surface area contributed by atoms with Gasteiger partial charge in [-0.1, -0.05) is 0 Å². The van der Waals surface area contributed by atoms with Crippen LogP contribution in [0.3, 0.4) is 0 Å². The Bertz CT molecular complexity index is 491. The van der Waals surface area contributed by atoms with Crippen molar-refractivity contribution in [3.63, 3.8) is 0 Å². The second-order valence-electron chi connectivity index (χ2n) is 5.23. The molecule has 0 unspecified atom stereocenters. The molecule has 0 bridgehead atoms. The minimum Gasteiger partial charge on any atom is -0.497 e. The Morgan fingerprint density at radius 2 is 2.00 bits per heavy atom. The van der Waals surface area contributed by atoms with E-state index in [0.717, 1.165) is 25.9 Å². The minimum atomic E-state index is -0.0583. The van der Waals surface area contributed by atoms with Crippen LogP contribution < -0.4 is 20.5 Å². The maximum atomic E-state index is 12.1. The number of likely N-dealkylation sites (tertiary alicyclic amines) is 1. The second kappa shape index (κ2) is 8.82. The van der Waals surface area contributed by atoms with Crippen LogP contribution in [-0.4, -0.2) is 50.7 Å². The first-order valence-corrected chi connectivity index (χ1v) is 7.12. The number of nitrogens with one attached hydrogen (secondary N) is 1. The van der Waals surface area contributed by atoms with Crippen LogP contribution in [0.2, 0.25) is 0 Å². The van der Waals surface area contributed by atoms with Crippen molar-refractivity contribution < 1.29 is 14.3 Å². The van der Waals surface area contributed by atoms with Crippen LogP contribution in [0.1, 0.15) is 12.8 Å². The van der Waals surface area contributed by atoms with Crippen LogP contribution >= 0.6 is 12.4 Å². The topological polar surface area (TPSA) is 76.8 Å². The molecule has 124 valence electrons. The number of hydrogen-bond donors (Lipinski definition) is 2. The largest absolute Gasteiger partial charge is 0.497 e. The third-order valence-corrected chi connectivity index (χ3v) is 3.68. The van der Waals surface area contributed by atoms with E-state index < -0.39 is 0 Å². The fourth-order valence-corrected chi connectivity index (χ4v) is 2.42. The number of piperidine rings is 1. The summed E-state index contributed by atoms with van der Waals surface area (Å²) in [6.07, 6.45) is 1.88. The van der Waals surface area contributed by atoms with Crippen molar-refractivity contribution in [3.05, 3.63) is 18.2 Å². The van der Waals surface area contributed by atoms with E-state index in [9.17, 15) is 4.79 Å². The highest BCUT2D eigenvalue weighted by Gasteiger charge is 2.19. The molecule has 3 N–H and O–H groups in total. The van der Waals surface area contributed by atoms with Crippen molar-refractivity contribution >= 4 is 24.0 Å². The van der Waals surface area contributed by atoms with Gasteiger partial charge in [0.05, 0.1) is 26.5 Å². The summed E-state index contributed by atoms with van der Waals surface area (Å²) in [6.45, 7) is 2.10. The van der Waals surface area contributed by atoms with E-state index in [4.69, 9.17) is 15.2 Å². The molecular formula is C15H24ClN3O3. The van der Waals surface area contributed by atoms with Gasteiger partial charge in [-0.05, 0) is 25.0 Å². The maximum Gasteiger partial charge on any atom is 0.238 e. The lowest BCUT2D eigenvalue weighted by molar-refractivity contribution is -0.117. The minimum absolute atomic E-state index is 0. The molecule has 1 amide bonds. The molecule has 0 saturated carbocycles. The average Bonchev–Trinajstić information content (AvgIpc) is 2.49. The molecule has 1 fully saturated rings. The number of hydrogen-bond acceptors (Lipinski definition) is 5. The van der Waals surface area contributed by atoms with E-state index in [1.807, 2.05) is 0 Å². The second-order valence-corrected chi connectivity index (χ2v) is 5.23. The summed E-state index contributed by atoms with van der Waals surface area (Å²) in [5.41, 5.74) is 6.48. The van der Waals surface area contributed by atoms with Gasteiger partial charge < -0.3 is 20.5 Å². The predicted molar refractivity (Wildman–Crippen MR) is 89.1 cm³/mol. The van der Waals surface area contributed by atoms with Gasteiger partial charge in [0.1, 0.15) is 11.5 Å². The Kier molecular flexibility index (Phi) is 7.44. The van der Waals surface area contributed by atoms with Gasteiger partial charge >= 0.3 is 0 Å². The highest BCUT2D eigenvalue weighted by atomic mass is 35.5. The molecule has 2 rings (SSSR count). The van der Waals surface area contributed by atoms with Crippen molar-refractivity contribution in [2.75, 3.05) is 39.2 Å². The van der Waals surface area contributed by atoms with Crippen molar-refractivity contribution in [2.24, 2.45) is 5.73 Å². The molecule has 6 nitrogen and oxygen atoms in total. The Morgan fingerprint density at radius 3 is 2.59 bits per heavy atom. The summed E-state index contributed by atoms with van der Waals surface area (Å²) in [4.78, 5) is 14.3. The SMILES string of the molecule is COc1ccc(OC)c(NC(=O)CN2CCC(N)CC2)c1.Cl. The summed E-state index contributed by atoms with van der Waals surface area (Å²) in [5, 5.41) is 2.88. The fourth-order valence-electron chi connectivity index (χ4n) is 2.42. The van der Waals surface area contributed by atoms with Gasteiger partial charge in [-0.2, -0.15) is 0 Å². The third-order valence-electron chi connectivity index (χ3n) is 3.68. The molecule has 0 spiro atoms. The van der Waals surface area contributed by atoms with Gasteiger partial charge in [-0.3, -0.25) is 9.69 Å². The van der Waals surface area contributed by atoms with Crippen LogP contribution in [0.15, 0.2) is 18.2 Å². The zero-order valence-electron chi connectivity index (χ0n) is 13.0. The van der Waals surface area contributed by atoms with Crippen LogP contribution in [0.5, 0.6) is 11.5 Å². The number of amides is 1. The van der Waals surface area contributed by atoms with Gasteiger partial charge in [0.15, 0.2) is 0 Å².